The first-order valence-electron chi connectivity index (χ1n) is 9.93. The van der Waals surface area contributed by atoms with E-state index in [4.69, 9.17) is 9.47 Å². The highest BCUT2D eigenvalue weighted by molar-refractivity contribution is 5.96. The van der Waals surface area contributed by atoms with E-state index in [1.165, 1.54) is 11.1 Å². The first-order chi connectivity index (χ1) is 13.6. The summed E-state index contributed by atoms with van der Waals surface area (Å²) in [6.07, 6.45) is 0. The molecule has 5 heteroatoms. The molecule has 0 aliphatic carbocycles. The van der Waals surface area contributed by atoms with Gasteiger partial charge in [0.15, 0.2) is 0 Å². The Morgan fingerprint density at radius 2 is 1.71 bits per heavy atom. The van der Waals surface area contributed by atoms with Crippen molar-refractivity contribution < 1.29 is 14.3 Å². The normalized spacial score (nSPS) is 16.0. The fraction of sp³-hybridized carbons (Fsp3) is 0.435. The molecule has 2 aromatic carbocycles. The fourth-order valence-corrected chi connectivity index (χ4v) is 3.57. The van der Waals surface area contributed by atoms with Crippen LogP contribution in [-0.2, 0) is 4.74 Å². The molecule has 5 nitrogen and oxygen atoms in total. The van der Waals surface area contributed by atoms with E-state index in [0.29, 0.717) is 23.8 Å². The largest absolute Gasteiger partial charge is 0.496 e. The maximum atomic E-state index is 12.8. The summed E-state index contributed by atoms with van der Waals surface area (Å²) in [6.45, 7) is 8.10. The van der Waals surface area contributed by atoms with Crippen molar-refractivity contribution in [2.24, 2.45) is 0 Å². The fourth-order valence-electron chi connectivity index (χ4n) is 3.57. The van der Waals surface area contributed by atoms with Gasteiger partial charge in [-0.05, 0) is 29.2 Å². The number of nitrogens with one attached hydrogen (secondary N) is 1. The molecule has 28 heavy (non-hydrogen) atoms. The highest BCUT2D eigenvalue weighted by atomic mass is 16.5. The van der Waals surface area contributed by atoms with Crippen molar-refractivity contribution in [2.75, 3.05) is 40.0 Å². The Labute approximate surface area is 167 Å². The lowest BCUT2D eigenvalue weighted by atomic mass is 9.98. The molecule has 1 aliphatic heterocycles. The van der Waals surface area contributed by atoms with E-state index in [1.807, 2.05) is 12.1 Å². The van der Waals surface area contributed by atoms with Crippen LogP contribution in [0.15, 0.2) is 48.5 Å². The highest BCUT2D eigenvalue weighted by Crippen LogP contribution is 2.24. The van der Waals surface area contributed by atoms with Gasteiger partial charge < -0.3 is 14.8 Å². The van der Waals surface area contributed by atoms with Crippen LogP contribution in [0.5, 0.6) is 5.75 Å². The molecule has 3 rings (SSSR count). The van der Waals surface area contributed by atoms with Crippen molar-refractivity contribution in [1.29, 1.82) is 0 Å². The molecular weight excluding hydrogens is 352 g/mol. The van der Waals surface area contributed by atoms with E-state index in [1.54, 1.807) is 19.2 Å². The average Bonchev–Trinajstić information content (AvgIpc) is 2.74. The van der Waals surface area contributed by atoms with Gasteiger partial charge in [0, 0.05) is 19.6 Å². The lowest BCUT2D eigenvalue weighted by molar-refractivity contribution is 0.0162. The van der Waals surface area contributed by atoms with Crippen molar-refractivity contribution in [3.05, 3.63) is 65.2 Å². The molecule has 0 saturated carbocycles. The van der Waals surface area contributed by atoms with Crippen molar-refractivity contribution in [1.82, 2.24) is 10.2 Å². The Morgan fingerprint density at radius 1 is 1.07 bits per heavy atom. The van der Waals surface area contributed by atoms with E-state index in [9.17, 15) is 4.79 Å². The molecule has 1 amide bonds. The third kappa shape index (κ3) is 4.91. The van der Waals surface area contributed by atoms with Crippen molar-refractivity contribution >= 4 is 5.91 Å². The summed E-state index contributed by atoms with van der Waals surface area (Å²) in [7, 11) is 1.58. The monoisotopic (exact) mass is 382 g/mol. The second-order valence-corrected chi connectivity index (χ2v) is 7.40. The van der Waals surface area contributed by atoms with Crippen LogP contribution < -0.4 is 10.1 Å². The minimum atomic E-state index is -0.116. The minimum absolute atomic E-state index is 0.115. The van der Waals surface area contributed by atoms with Gasteiger partial charge in [-0.2, -0.15) is 0 Å². The molecule has 0 spiro atoms. The van der Waals surface area contributed by atoms with Crippen LogP contribution in [0.4, 0.5) is 0 Å². The molecule has 150 valence electrons. The van der Waals surface area contributed by atoms with Crippen molar-refractivity contribution in [3.8, 4) is 5.75 Å². The molecule has 0 bridgehead atoms. The number of amides is 1. The van der Waals surface area contributed by atoms with Gasteiger partial charge in [0.2, 0.25) is 0 Å². The summed E-state index contributed by atoms with van der Waals surface area (Å²) in [5.41, 5.74) is 3.09. The standard InChI is InChI=1S/C23H30N2O3/c1-17(2)18-8-10-19(11-9-18)21(25-12-14-28-15-13-25)16-24-23(26)20-6-4-5-7-22(20)27-3/h4-11,17,21H,12-16H2,1-3H3,(H,24,26)/t21-/m0/s1. The number of morpholine rings is 1. The molecule has 2 aromatic rings. The predicted octanol–water partition coefficient (Wildman–Crippen LogP) is 3.62. The van der Waals surface area contributed by atoms with E-state index in [0.717, 1.165) is 26.3 Å². The number of hydrogen-bond acceptors (Lipinski definition) is 4. The van der Waals surface area contributed by atoms with Gasteiger partial charge in [0.1, 0.15) is 5.75 Å². The van der Waals surface area contributed by atoms with E-state index >= 15 is 0 Å². The molecule has 1 N–H and O–H groups in total. The second kappa shape index (κ2) is 9.71. The van der Waals surface area contributed by atoms with Crippen LogP contribution in [0.1, 0.15) is 47.3 Å². The Morgan fingerprint density at radius 3 is 2.36 bits per heavy atom. The third-order valence-electron chi connectivity index (χ3n) is 5.28. The first-order valence-corrected chi connectivity index (χ1v) is 9.93. The summed E-state index contributed by atoms with van der Waals surface area (Å²) in [4.78, 5) is 15.1. The van der Waals surface area contributed by atoms with Crippen molar-refractivity contribution in [3.63, 3.8) is 0 Å². The van der Waals surface area contributed by atoms with Crippen LogP contribution >= 0.6 is 0 Å². The summed E-state index contributed by atoms with van der Waals surface area (Å²) < 4.78 is 10.8. The highest BCUT2D eigenvalue weighted by Gasteiger charge is 2.24. The zero-order valence-electron chi connectivity index (χ0n) is 17.0. The average molecular weight is 383 g/mol. The lowest BCUT2D eigenvalue weighted by Crippen LogP contribution is -2.43. The zero-order chi connectivity index (χ0) is 19.9. The number of rotatable bonds is 7. The Kier molecular flexibility index (Phi) is 7.06. The number of para-hydroxylation sites is 1. The quantitative estimate of drug-likeness (QED) is 0.795. The van der Waals surface area contributed by atoms with Crippen molar-refractivity contribution in [2.45, 2.75) is 25.8 Å². The summed E-state index contributed by atoms with van der Waals surface area (Å²) >= 11 is 0. The van der Waals surface area contributed by atoms with Gasteiger partial charge in [-0.25, -0.2) is 0 Å². The summed E-state index contributed by atoms with van der Waals surface area (Å²) in [6, 6.07) is 16.2. The molecule has 1 aliphatic rings. The Bertz CT molecular complexity index is 768. The minimum Gasteiger partial charge on any atom is -0.496 e. The smallest absolute Gasteiger partial charge is 0.255 e. The van der Waals surface area contributed by atoms with Gasteiger partial charge in [0.05, 0.1) is 31.9 Å². The Hall–Kier alpha value is -2.37. The molecular formula is C23H30N2O3. The van der Waals surface area contributed by atoms with Gasteiger partial charge in [-0.3, -0.25) is 9.69 Å². The van der Waals surface area contributed by atoms with Gasteiger partial charge in [-0.1, -0.05) is 50.2 Å². The maximum Gasteiger partial charge on any atom is 0.255 e. The number of carbonyl (C=O) groups is 1. The molecule has 1 heterocycles. The van der Waals surface area contributed by atoms with Crippen LogP contribution in [0.2, 0.25) is 0 Å². The number of benzene rings is 2. The van der Waals surface area contributed by atoms with Crippen LogP contribution in [-0.4, -0.2) is 50.8 Å². The van der Waals surface area contributed by atoms with Gasteiger partial charge in [-0.15, -0.1) is 0 Å². The Balaban J connectivity index is 1.76. The van der Waals surface area contributed by atoms with E-state index in [-0.39, 0.29) is 11.9 Å². The molecule has 1 saturated heterocycles. The number of carbonyl (C=O) groups excluding carboxylic acids is 1. The second-order valence-electron chi connectivity index (χ2n) is 7.40. The molecule has 0 radical (unpaired) electrons. The number of nitrogens with zero attached hydrogens (tertiary/aromatic N) is 1. The molecule has 1 fully saturated rings. The van der Waals surface area contributed by atoms with Crippen LogP contribution in [0.3, 0.4) is 0 Å². The lowest BCUT2D eigenvalue weighted by Gasteiger charge is -2.35. The summed E-state index contributed by atoms with van der Waals surface area (Å²) in [5.74, 6) is 0.972. The number of methoxy groups -OCH3 is 1. The van der Waals surface area contributed by atoms with Crippen LogP contribution in [0, 0.1) is 0 Å². The SMILES string of the molecule is COc1ccccc1C(=O)NC[C@@H](c1ccc(C(C)C)cc1)N1CCOCC1. The van der Waals surface area contributed by atoms with Gasteiger partial charge >= 0.3 is 0 Å². The molecule has 0 unspecified atom stereocenters. The topological polar surface area (TPSA) is 50.8 Å². The molecule has 0 aromatic heterocycles. The third-order valence-corrected chi connectivity index (χ3v) is 5.28. The van der Waals surface area contributed by atoms with Gasteiger partial charge in [0.25, 0.3) is 5.91 Å². The molecule has 1 atom stereocenters. The van der Waals surface area contributed by atoms with E-state index in [2.05, 4.69) is 48.3 Å². The van der Waals surface area contributed by atoms with Crippen LogP contribution in [0.25, 0.3) is 0 Å². The predicted molar refractivity (Wildman–Crippen MR) is 111 cm³/mol. The summed E-state index contributed by atoms with van der Waals surface area (Å²) in [5, 5.41) is 3.11. The number of hydrogen-bond donors (Lipinski definition) is 1. The maximum absolute atomic E-state index is 12.8. The van der Waals surface area contributed by atoms with E-state index < -0.39 is 0 Å². The first kappa shape index (κ1) is 20.4. The number of ether oxygens (including phenoxy) is 2. The zero-order valence-corrected chi connectivity index (χ0v) is 17.0.